The Bertz CT molecular complexity index is 716. The summed E-state index contributed by atoms with van der Waals surface area (Å²) < 4.78 is 13.4. The summed E-state index contributed by atoms with van der Waals surface area (Å²) in [5.41, 5.74) is 0.0263. The maximum Gasteiger partial charge on any atom is 0.354 e. The molecule has 0 saturated heterocycles. The Morgan fingerprint density at radius 3 is 2.67 bits per heavy atom. The van der Waals surface area contributed by atoms with Crippen molar-refractivity contribution < 1.29 is 19.1 Å². The number of rotatable bonds is 3. The zero-order valence-electron chi connectivity index (χ0n) is 10.2. The van der Waals surface area contributed by atoms with E-state index in [0.717, 1.165) is 18.2 Å². The molecule has 21 heavy (non-hydrogen) atoms. The van der Waals surface area contributed by atoms with Gasteiger partial charge in [-0.05, 0) is 40.2 Å². The Labute approximate surface area is 131 Å². The number of pyridine rings is 1. The largest absolute Gasteiger partial charge is 0.477 e. The SMILES string of the molecule is O=C(Nc1c(Cl)cc(F)cc1Br)c1ccnc(C(=O)O)c1. The molecule has 0 spiro atoms. The van der Waals surface area contributed by atoms with Gasteiger partial charge in [0.2, 0.25) is 0 Å². The molecule has 2 N–H and O–H groups in total. The molecule has 0 aliphatic rings. The highest BCUT2D eigenvalue weighted by molar-refractivity contribution is 9.10. The first kappa shape index (κ1) is 15.4. The summed E-state index contributed by atoms with van der Waals surface area (Å²) in [5, 5.41) is 11.3. The van der Waals surface area contributed by atoms with Crippen LogP contribution < -0.4 is 5.32 Å². The molecular weight excluding hydrogens is 367 g/mol. The first-order valence-corrected chi connectivity index (χ1v) is 6.71. The quantitative estimate of drug-likeness (QED) is 0.862. The van der Waals surface area contributed by atoms with E-state index in [4.69, 9.17) is 16.7 Å². The Morgan fingerprint density at radius 2 is 2.05 bits per heavy atom. The molecule has 5 nitrogen and oxygen atoms in total. The minimum absolute atomic E-state index is 0.0164. The number of nitrogens with one attached hydrogen (secondary N) is 1. The molecule has 0 aliphatic carbocycles. The number of amides is 1. The van der Waals surface area contributed by atoms with Gasteiger partial charge in [-0.15, -0.1) is 0 Å². The first-order valence-electron chi connectivity index (χ1n) is 5.53. The summed E-state index contributed by atoms with van der Waals surface area (Å²) in [6, 6.07) is 4.68. The minimum atomic E-state index is -1.24. The maximum absolute atomic E-state index is 13.1. The smallest absolute Gasteiger partial charge is 0.354 e. The van der Waals surface area contributed by atoms with Crippen LogP contribution in [0, 0.1) is 5.82 Å². The molecule has 1 aromatic carbocycles. The number of nitrogens with zero attached hydrogens (tertiary/aromatic N) is 1. The number of carbonyl (C=O) groups is 2. The second-order valence-corrected chi connectivity index (χ2v) is 5.20. The molecule has 0 unspecified atom stereocenters. The number of halogens is 3. The van der Waals surface area contributed by atoms with Crippen molar-refractivity contribution in [1.82, 2.24) is 4.98 Å². The van der Waals surface area contributed by atoms with Gasteiger partial charge in [0.25, 0.3) is 5.91 Å². The molecule has 1 aromatic heterocycles. The number of hydrogen-bond acceptors (Lipinski definition) is 3. The monoisotopic (exact) mass is 372 g/mol. The van der Waals surface area contributed by atoms with E-state index in [0.29, 0.717) is 0 Å². The molecular formula is C13H7BrClFN2O3. The van der Waals surface area contributed by atoms with E-state index in [1.54, 1.807) is 0 Å². The highest BCUT2D eigenvalue weighted by Gasteiger charge is 2.15. The first-order chi connectivity index (χ1) is 9.88. The van der Waals surface area contributed by atoms with E-state index in [2.05, 4.69) is 26.2 Å². The third-order valence-corrected chi connectivity index (χ3v) is 3.41. The van der Waals surface area contributed by atoms with Crippen LogP contribution in [-0.4, -0.2) is 22.0 Å². The Balaban J connectivity index is 2.30. The van der Waals surface area contributed by atoms with E-state index in [1.807, 2.05) is 0 Å². The van der Waals surface area contributed by atoms with Gasteiger partial charge >= 0.3 is 5.97 Å². The zero-order valence-corrected chi connectivity index (χ0v) is 12.6. The minimum Gasteiger partial charge on any atom is -0.477 e. The fraction of sp³-hybridized carbons (Fsp3) is 0. The number of aromatic carboxylic acids is 1. The number of anilines is 1. The van der Waals surface area contributed by atoms with Gasteiger partial charge < -0.3 is 10.4 Å². The van der Waals surface area contributed by atoms with Crippen LogP contribution in [0.25, 0.3) is 0 Å². The van der Waals surface area contributed by atoms with Crippen LogP contribution in [0.15, 0.2) is 34.9 Å². The molecule has 2 aromatic rings. The van der Waals surface area contributed by atoms with Crippen molar-refractivity contribution in [3.8, 4) is 0 Å². The lowest BCUT2D eigenvalue weighted by atomic mass is 10.2. The van der Waals surface area contributed by atoms with E-state index < -0.39 is 17.7 Å². The van der Waals surface area contributed by atoms with Crippen molar-refractivity contribution >= 4 is 45.1 Å². The van der Waals surface area contributed by atoms with E-state index in [-0.39, 0.29) is 26.4 Å². The number of carboxylic acids is 1. The van der Waals surface area contributed by atoms with Gasteiger partial charge in [-0.3, -0.25) is 4.79 Å². The van der Waals surface area contributed by atoms with Gasteiger partial charge in [-0.2, -0.15) is 0 Å². The number of hydrogen-bond donors (Lipinski definition) is 2. The molecule has 1 amide bonds. The van der Waals surface area contributed by atoms with E-state index >= 15 is 0 Å². The van der Waals surface area contributed by atoms with Gasteiger partial charge in [0.15, 0.2) is 0 Å². The fourth-order valence-electron chi connectivity index (χ4n) is 1.54. The molecule has 8 heteroatoms. The molecule has 2 rings (SSSR count). The third kappa shape index (κ3) is 3.56. The van der Waals surface area contributed by atoms with E-state index in [9.17, 15) is 14.0 Å². The molecule has 0 radical (unpaired) electrons. The topological polar surface area (TPSA) is 79.3 Å². The Kier molecular flexibility index (Phi) is 4.54. The van der Waals surface area contributed by atoms with Gasteiger partial charge in [-0.1, -0.05) is 11.6 Å². The van der Waals surface area contributed by atoms with Crippen LogP contribution in [0.1, 0.15) is 20.8 Å². The van der Waals surface area contributed by atoms with Crippen LogP contribution in [-0.2, 0) is 0 Å². The van der Waals surface area contributed by atoms with Crippen LogP contribution in [0.3, 0.4) is 0 Å². The summed E-state index contributed by atoms with van der Waals surface area (Å²) in [5.74, 6) is -2.39. The molecule has 0 aliphatic heterocycles. The highest BCUT2D eigenvalue weighted by atomic mass is 79.9. The number of carboxylic acid groups (broad SMARTS) is 1. The fourth-order valence-corrected chi connectivity index (χ4v) is 2.43. The molecule has 0 fully saturated rings. The van der Waals surface area contributed by atoms with Crippen molar-refractivity contribution in [3.63, 3.8) is 0 Å². The van der Waals surface area contributed by atoms with Crippen molar-refractivity contribution in [1.29, 1.82) is 0 Å². The van der Waals surface area contributed by atoms with Crippen LogP contribution in [0.5, 0.6) is 0 Å². The summed E-state index contributed by atoms with van der Waals surface area (Å²) in [6.07, 6.45) is 1.21. The van der Waals surface area contributed by atoms with Crippen LogP contribution >= 0.6 is 27.5 Å². The van der Waals surface area contributed by atoms with E-state index in [1.165, 1.54) is 12.3 Å². The number of benzene rings is 1. The summed E-state index contributed by atoms with van der Waals surface area (Å²) in [7, 11) is 0. The summed E-state index contributed by atoms with van der Waals surface area (Å²) in [6.45, 7) is 0. The molecule has 0 atom stereocenters. The third-order valence-electron chi connectivity index (χ3n) is 2.49. The predicted octanol–water partition coefficient (Wildman–Crippen LogP) is 3.59. The van der Waals surface area contributed by atoms with Crippen molar-refractivity contribution in [3.05, 3.63) is 57.0 Å². The summed E-state index contributed by atoms with van der Waals surface area (Å²) >= 11 is 8.95. The Morgan fingerprint density at radius 1 is 1.33 bits per heavy atom. The lowest BCUT2D eigenvalue weighted by molar-refractivity contribution is 0.0690. The zero-order chi connectivity index (χ0) is 15.6. The van der Waals surface area contributed by atoms with Gasteiger partial charge in [0.1, 0.15) is 11.5 Å². The average Bonchev–Trinajstić information content (AvgIpc) is 2.42. The molecule has 1 heterocycles. The second kappa shape index (κ2) is 6.19. The van der Waals surface area contributed by atoms with Gasteiger partial charge in [-0.25, -0.2) is 14.2 Å². The van der Waals surface area contributed by atoms with Crippen molar-refractivity contribution in [2.45, 2.75) is 0 Å². The van der Waals surface area contributed by atoms with Crippen molar-refractivity contribution in [2.24, 2.45) is 0 Å². The molecule has 0 saturated carbocycles. The number of aromatic nitrogens is 1. The van der Waals surface area contributed by atoms with Crippen LogP contribution in [0.2, 0.25) is 5.02 Å². The maximum atomic E-state index is 13.1. The molecule has 0 bridgehead atoms. The van der Waals surface area contributed by atoms with Crippen molar-refractivity contribution in [2.75, 3.05) is 5.32 Å². The highest BCUT2D eigenvalue weighted by Crippen LogP contribution is 2.32. The standard InChI is InChI=1S/C13H7BrClFN2O3/c14-8-4-7(16)5-9(15)11(8)18-12(19)6-1-2-17-10(3-6)13(20)21/h1-5H,(H,18,19)(H,20,21). The normalized spacial score (nSPS) is 10.2. The second-order valence-electron chi connectivity index (χ2n) is 3.93. The summed E-state index contributed by atoms with van der Waals surface area (Å²) in [4.78, 5) is 26.5. The van der Waals surface area contributed by atoms with Crippen LogP contribution in [0.4, 0.5) is 10.1 Å². The lowest BCUT2D eigenvalue weighted by Crippen LogP contribution is -2.14. The number of carbonyl (C=O) groups excluding carboxylic acids is 1. The lowest BCUT2D eigenvalue weighted by Gasteiger charge is -2.10. The molecule has 108 valence electrons. The Hall–Kier alpha value is -1.99. The average molecular weight is 374 g/mol. The van der Waals surface area contributed by atoms with Gasteiger partial charge in [0.05, 0.1) is 10.7 Å². The van der Waals surface area contributed by atoms with Gasteiger partial charge in [0, 0.05) is 16.2 Å². The predicted molar refractivity (Wildman–Crippen MR) is 78.3 cm³/mol.